The van der Waals surface area contributed by atoms with Gasteiger partial charge in [-0.3, -0.25) is 9.10 Å². The van der Waals surface area contributed by atoms with Crippen LogP contribution in [-0.4, -0.2) is 33.7 Å². The normalized spacial score (nSPS) is 12.2. The summed E-state index contributed by atoms with van der Waals surface area (Å²) in [5, 5.41) is 4.21. The van der Waals surface area contributed by atoms with E-state index in [2.05, 4.69) is 31.3 Å². The van der Waals surface area contributed by atoms with E-state index in [0.717, 1.165) is 15.4 Å². The predicted octanol–water partition coefficient (Wildman–Crippen LogP) is 5.04. The Morgan fingerprint density at radius 2 is 1.58 bits per heavy atom. The van der Waals surface area contributed by atoms with Gasteiger partial charge >= 0.3 is 0 Å². The highest BCUT2D eigenvalue weighted by molar-refractivity contribution is 7.92. The summed E-state index contributed by atoms with van der Waals surface area (Å²) in [5.41, 5.74) is 6.37. The largest absolute Gasteiger partial charge is 0.495 e. The molecule has 36 heavy (non-hydrogen) atoms. The topological polar surface area (TPSA) is 88.1 Å². The number of aryl methyl sites for hydroxylation is 1. The van der Waals surface area contributed by atoms with Gasteiger partial charge < -0.3 is 4.74 Å². The first-order valence-corrected chi connectivity index (χ1v) is 13.0. The maximum Gasteiger partial charge on any atom is 0.264 e. The fourth-order valence-electron chi connectivity index (χ4n) is 3.56. The van der Waals surface area contributed by atoms with E-state index in [1.807, 2.05) is 31.2 Å². The first-order valence-electron chi connectivity index (χ1n) is 11.6. The van der Waals surface area contributed by atoms with Crippen molar-refractivity contribution in [1.82, 2.24) is 5.43 Å². The van der Waals surface area contributed by atoms with Crippen LogP contribution in [0.4, 0.5) is 5.69 Å². The Morgan fingerprint density at radius 1 is 0.972 bits per heavy atom. The molecule has 0 unspecified atom stereocenters. The van der Waals surface area contributed by atoms with Crippen molar-refractivity contribution in [3.63, 3.8) is 0 Å². The third-order valence-electron chi connectivity index (χ3n) is 5.77. The number of para-hydroxylation sites is 2. The molecule has 0 aliphatic heterocycles. The van der Waals surface area contributed by atoms with Crippen LogP contribution in [0.3, 0.4) is 0 Å². The lowest BCUT2D eigenvalue weighted by atomic mass is 9.86. The Balaban J connectivity index is 1.87. The van der Waals surface area contributed by atoms with Gasteiger partial charge in [-0.25, -0.2) is 13.8 Å². The molecule has 0 radical (unpaired) electrons. The number of carbonyl (C=O) groups is 1. The Labute approximate surface area is 213 Å². The number of rotatable bonds is 8. The molecule has 1 amide bonds. The van der Waals surface area contributed by atoms with Crippen molar-refractivity contribution in [1.29, 1.82) is 0 Å². The van der Waals surface area contributed by atoms with Gasteiger partial charge in [-0.1, -0.05) is 74.9 Å². The van der Waals surface area contributed by atoms with Crippen molar-refractivity contribution in [3.05, 3.63) is 89.5 Å². The standard InChI is InChI=1S/C28H33N3O4S/c1-20-11-17-24(18-12-20)36(33,34)31(25-9-7-8-10-26(25)35-6)19-27(32)30-29-21(2)22-13-15-23(16-14-22)28(3,4)5/h7-18H,19H2,1-6H3,(H,30,32)/b29-21-. The first-order chi connectivity index (χ1) is 16.9. The highest BCUT2D eigenvalue weighted by Gasteiger charge is 2.29. The summed E-state index contributed by atoms with van der Waals surface area (Å²) >= 11 is 0. The number of ether oxygens (including phenoxy) is 1. The molecule has 0 aromatic heterocycles. The lowest BCUT2D eigenvalue weighted by molar-refractivity contribution is -0.119. The van der Waals surface area contributed by atoms with Crippen LogP contribution in [0.25, 0.3) is 0 Å². The lowest BCUT2D eigenvalue weighted by Crippen LogP contribution is -2.40. The molecule has 0 aliphatic carbocycles. The van der Waals surface area contributed by atoms with Gasteiger partial charge in [0.2, 0.25) is 0 Å². The van der Waals surface area contributed by atoms with E-state index in [0.29, 0.717) is 11.5 Å². The molecule has 0 atom stereocenters. The maximum atomic E-state index is 13.6. The quantitative estimate of drug-likeness (QED) is 0.342. The summed E-state index contributed by atoms with van der Waals surface area (Å²) in [5.74, 6) is -0.248. The molecule has 0 aliphatic rings. The SMILES string of the molecule is COc1ccccc1N(CC(=O)N/N=C(/C)c1ccc(C(C)(C)C)cc1)S(=O)(=O)c1ccc(C)cc1. The highest BCUT2D eigenvalue weighted by atomic mass is 32.2. The number of benzene rings is 3. The summed E-state index contributed by atoms with van der Waals surface area (Å²) in [6, 6.07) is 21.1. The van der Waals surface area contributed by atoms with Crippen molar-refractivity contribution < 1.29 is 17.9 Å². The predicted molar refractivity (Wildman–Crippen MR) is 144 cm³/mol. The van der Waals surface area contributed by atoms with Gasteiger partial charge in [-0.2, -0.15) is 5.10 Å². The van der Waals surface area contributed by atoms with Crippen molar-refractivity contribution in [2.24, 2.45) is 5.10 Å². The van der Waals surface area contributed by atoms with E-state index in [4.69, 9.17) is 4.74 Å². The minimum absolute atomic E-state index is 0.0304. The molecular weight excluding hydrogens is 474 g/mol. The molecule has 3 aromatic carbocycles. The molecule has 8 heteroatoms. The smallest absolute Gasteiger partial charge is 0.264 e. The second kappa shape index (κ2) is 11.0. The minimum Gasteiger partial charge on any atom is -0.495 e. The Hall–Kier alpha value is -3.65. The third-order valence-corrected chi connectivity index (χ3v) is 7.54. The number of nitrogens with one attached hydrogen (secondary N) is 1. The summed E-state index contributed by atoms with van der Waals surface area (Å²) in [6.45, 7) is 9.60. The molecule has 0 saturated heterocycles. The molecule has 0 spiro atoms. The van der Waals surface area contributed by atoms with E-state index in [-0.39, 0.29) is 16.0 Å². The van der Waals surface area contributed by atoms with Gasteiger partial charge in [-0.05, 0) is 54.7 Å². The van der Waals surface area contributed by atoms with Crippen LogP contribution in [-0.2, 0) is 20.2 Å². The molecule has 3 aromatic rings. The number of hydrogen-bond acceptors (Lipinski definition) is 5. The van der Waals surface area contributed by atoms with E-state index in [9.17, 15) is 13.2 Å². The second-order valence-corrected chi connectivity index (χ2v) is 11.4. The van der Waals surface area contributed by atoms with Crippen molar-refractivity contribution in [2.45, 2.75) is 44.9 Å². The lowest BCUT2D eigenvalue weighted by Gasteiger charge is -2.25. The van der Waals surface area contributed by atoms with E-state index >= 15 is 0 Å². The fraction of sp³-hybridized carbons (Fsp3) is 0.286. The van der Waals surface area contributed by atoms with Gasteiger partial charge in [0.1, 0.15) is 12.3 Å². The number of sulfonamides is 1. The van der Waals surface area contributed by atoms with Crippen molar-refractivity contribution in [2.75, 3.05) is 18.0 Å². The van der Waals surface area contributed by atoms with Gasteiger partial charge in [0.25, 0.3) is 15.9 Å². The van der Waals surface area contributed by atoms with Crippen molar-refractivity contribution in [3.8, 4) is 5.75 Å². The number of carbonyl (C=O) groups excluding carboxylic acids is 1. The molecule has 0 heterocycles. The van der Waals surface area contributed by atoms with Crippen LogP contribution in [0.5, 0.6) is 5.75 Å². The zero-order valence-electron chi connectivity index (χ0n) is 21.6. The van der Waals surface area contributed by atoms with E-state index < -0.39 is 22.5 Å². The number of methoxy groups -OCH3 is 1. The Bertz CT molecular complexity index is 1340. The van der Waals surface area contributed by atoms with Gasteiger partial charge in [0.05, 0.1) is 23.4 Å². The monoisotopic (exact) mass is 507 g/mol. The molecular formula is C28H33N3O4S. The van der Waals surface area contributed by atoms with Crippen LogP contribution in [0.2, 0.25) is 0 Å². The van der Waals surface area contributed by atoms with Crippen molar-refractivity contribution >= 4 is 27.3 Å². The van der Waals surface area contributed by atoms with Gasteiger partial charge in [0.15, 0.2) is 0 Å². The summed E-state index contributed by atoms with van der Waals surface area (Å²) < 4.78 is 33.6. The number of anilines is 1. The summed E-state index contributed by atoms with van der Waals surface area (Å²) in [4.78, 5) is 13.0. The van der Waals surface area contributed by atoms with Crippen LogP contribution in [0.1, 0.15) is 44.4 Å². The van der Waals surface area contributed by atoms with Gasteiger partial charge in [0, 0.05) is 0 Å². The van der Waals surface area contributed by atoms with Crippen LogP contribution in [0, 0.1) is 6.92 Å². The molecule has 7 nitrogen and oxygen atoms in total. The van der Waals surface area contributed by atoms with Gasteiger partial charge in [-0.15, -0.1) is 0 Å². The highest BCUT2D eigenvalue weighted by Crippen LogP contribution is 2.32. The summed E-state index contributed by atoms with van der Waals surface area (Å²) in [7, 11) is -2.61. The first kappa shape index (κ1) is 26.9. The number of hydrazone groups is 1. The average molecular weight is 508 g/mol. The van der Waals surface area contributed by atoms with E-state index in [1.165, 1.54) is 24.8 Å². The average Bonchev–Trinajstić information content (AvgIpc) is 2.85. The Kier molecular flexibility index (Phi) is 8.20. The number of amides is 1. The minimum atomic E-state index is -4.06. The molecule has 0 fully saturated rings. The van der Waals surface area contributed by atoms with Crippen LogP contribution < -0.4 is 14.5 Å². The molecule has 190 valence electrons. The second-order valence-electron chi connectivity index (χ2n) is 9.56. The molecule has 0 saturated carbocycles. The number of hydrogen-bond donors (Lipinski definition) is 1. The molecule has 1 N–H and O–H groups in total. The zero-order chi connectivity index (χ0) is 26.5. The third kappa shape index (κ3) is 6.31. The summed E-state index contributed by atoms with van der Waals surface area (Å²) in [6.07, 6.45) is 0. The van der Waals surface area contributed by atoms with Crippen LogP contribution >= 0.6 is 0 Å². The maximum absolute atomic E-state index is 13.6. The number of nitrogens with zero attached hydrogens (tertiary/aromatic N) is 2. The zero-order valence-corrected chi connectivity index (χ0v) is 22.4. The Morgan fingerprint density at radius 3 is 2.17 bits per heavy atom. The fourth-order valence-corrected chi connectivity index (χ4v) is 4.99. The molecule has 3 rings (SSSR count). The van der Waals surface area contributed by atoms with Crippen LogP contribution in [0.15, 0.2) is 82.8 Å². The van der Waals surface area contributed by atoms with E-state index in [1.54, 1.807) is 43.3 Å². The molecule has 0 bridgehead atoms.